The van der Waals surface area contributed by atoms with Gasteiger partial charge in [0.1, 0.15) is 0 Å². The van der Waals surface area contributed by atoms with Gasteiger partial charge < -0.3 is 5.73 Å². The van der Waals surface area contributed by atoms with E-state index in [9.17, 15) is 0 Å². The largest absolute Gasteiger partial charge is 0.399 e. The molecule has 0 aliphatic carbocycles. The number of benzene rings is 1. The van der Waals surface area contributed by atoms with Gasteiger partial charge in [-0.15, -0.1) is 11.8 Å². The zero-order valence-corrected chi connectivity index (χ0v) is 9.86. The van der Waals surface area contributed by atoms with Gasteiger partial charge in [0, 0.05) is 10.6 Å². The van der Waals surface area contributed by atoms with Gasteiger partial charge in [-0.2, -0.15) is 0 Å². The molecule has 2 N–H and O–H groups in total. The van der Waals surface area contributed by atoms with Gasteiger partial charge in [-0.1, -0.05) is 19.8 Å². The first-order chi connectivity index (χ1) is 6.77. The standard InChI is InChI=1S/C12H19NS/c1-3-4-5-6-10-9-11(14-2)7-8-12(10)13/h7-9H,3-6,13H2,1-2H3. The molecule has 0 aromatic heterocycles. The lowest BCUT2D eigenvalue weighted by molar-refractivity contribution is 0.717. The van der Waals surface area contributed by atoms with Crippen molar-refractivity contribution in [1.82, 2.24) is 0 Å². The SMILES string of the molecule is CCCCCc1cc(SC)ccc1N. The number of thioether (sulfide) groups is 1. The first-order valence-corrected chi connectivity index (χ1v) is 6.42. The number of nitrogens with two attached hydrogens (primary N) is 1. The minimum absolute atomic E-state index is 0.943. The van der Waals surface area contributed by atoms with Gasteiger partial charge in [-0.3, -0.25) is 0 Å². The van der Waals surface area contributed by atoms with Crippen LogP contribution in [0.2, 0.25) is 0 Å². The Bertz CT molecular complexity index is 284. The molecular weight excluding hydrogens is 190 g/mol. The third kappa shape index (κ3) is 3.26. The number of rotatable bonds is 5. The van der Waals surface area contributed by atoms with Crippen LogP contribution in [-0.2, 0) is 6.42 Å². The number of hydrogen-bond donors (Lipinski definition) is 1. The molecule has 1 nitrogen and oxygen atoms in total. The van der Waals surface area contributed by atoms with E-state index in [-0.39, 0.29) is 0 Å². The second-order valence-corrected chi connectivity index (χ2v) is 4.40. The van der Waals surface area contributed by atoms with Gasteiger partial charge >= 0.3 is 0 Å². The first-order valence-electron chi connectivity index (χ1n) is 5.20. The zero-order valence-electron chi connectivity index (χ0n) is 9.05. The Hall–Kier alpha value is -0.630. The molecule has 78 valence electrons. The van der Waals surface area contributed by atoms with Gasteiger partial charge in [0.2, 0.25) is 0 Å². The fraction of sp³-hybridized carbons (Fsp3) is 0.500. The molecule has 0 heterocycles. The van der Waals surface area contributed by atoms with Crippen molar-refractivity contribution >= 4 is 17.4 Å². The predicted molar refractivity (Wildman–Crippen MR) is 65.9 cm³/mol. The molecule has 14 heavy (non-hydrogen) atoms. The molecule has 0 saturated carbocycles. The highest BCUT2D eigenvalue weighted by molar-refractivity contribution is 7.98. The van der Waals surface area contributed by atoms with Crippen molar-refractivity contribution in [3.63, 3.8) is 0 Å². The minimum atomic E-state index is 0.943. The van der Waals surface area contributed by atoms with E-state index in [0.717, 1.165) is 12.1 Å². The summed E-state index contributed by atoms with van der Waals surface area (Å²) in [4.78, 5) is 1.31. The van der Waals surface area contributed by atoms with Gasteiger partial charge in [-0.05, 0) is 42.9 Å². The molecular formula is C12H19NS. The highest BCUT2D eigenvalue weighted by Gasteiger charge is 2.00. The summed E-state index contributed by atoms with van der Waals surface area (Å²) in [7, 11) is 0. The highest BCUT2D eigenvalue weighted by atomic mass is 32.2. The summed E-state index contributed by atoms with van der Waals surface area (Å²) >= 11 is 1.78. The lowest BCUT2D eigenvalue weighted by Crippen LogP contribution is -1.94. The average Bonchev–Trinajstić information content (AvgIpc) is 2.21. The molecule has 0 unspecified atom stereocenters. The molecule has 0 atom stereocenters. The Labute approximate surface area is 91.1 Å². The van der Waals surface area contributed by atoms with E-state index in [1.165, 1.54) is 29.7 Å². The van der Waals surface area contributed by atoms with E-state index in [1.54, 1.807) is 11.8 Å². The van der Waals surface area contributed by atoms with Crippen LogP contribution >= 0.6 is 11.8 Å². The molecule has 0 fully saturated rings. The molecule has 1 aromatic rings. The van der Waals surface area contributed by atoms with Crippen molar-refractivity contribution in [2.24, 2.45) is 0 Å². The van der Waals surface area contributed by atoms with E-state index >= 15 is 0 Å². The van der Waals surface area contributed by atoms with Crippen molar-refractivity contribution in [2.45, 2.75) is 37.5 Å². The fourth-order valence-electron chi connectivity index (χ4n) is 1.49. The molecule has 1 aromatic carbocycles. The Kier molecular flexibility index (Phi) is 4.88. The summed E-state index contributed by atoms with van der Waals surface area (Å²) in [5.74, 6) is 0. The third-order valence-electron chi connectivity index (χ3n) is 2.40. The Morgan fingerprint density at radius 2 is 2.07 bits per heavy atom. The number of anilines is 1. The summed E-state index contributed by atoms with van der Waals surface area (Å²) < 4.78 is 0. The molecule has 0 radical (unpaired) electrons. The summed E-state index contributed by atoms with van der Waals surface area (Å²) in [6, 6.07) is 6.33. The van der Waals surface area contributed by atoms with Crippen molar-refractivity contribution in [1.29, 1.82) is 0 Å². The Balaban J connectivity index is 2.64. The normalized spacial score (nSPS) is 10.4. The fourth-order valence-corrected chi connectivity index (χ4v) is 1.96. The van der Waals surface area contributed by atoms with Crippen LogP contribution < -0.4 is 5.73 Å². The van der Waals surface area contributed by atoms with Crippen LogP contribution in [0.4, 0.5) is 5.69 Å². The molecule has 0 spiro atoms. The van der Waals surface area contributed by atoms with Gasteiger partial charge in [0.25, 0.3) is 0 Å². The summed E-state index contributed by atoms with van der Waals surface area (Å²) in [5, 5.41) is 0. The van der Waals surface area contributed by atoms with Crippen LogP contribution in [0.15, 0.2) is 23.1 Å². The smallest absolute Gasteiger partial charge is 0.0347 e. The quantitative estimate of drug-likeness (QED) is 0.454. The van der Waals surface area contributed by atoms with E-state index in [0.29, 0.717) is 0 Å². The molecule has 2 heteroatoms. The lowest BCUT2D eigenvalue weighted by atomic mass is 10.1. The van der Waals surface area contributed by atoms with Crippen molar-refractivity contribution < 1.29 is 0 Å². The molecule has 0 aliphatic rings. The van der Waals surface area contributed by atoms with E-state index in [1.807, 2.05) is 6.07 Å². The van der Waals surface area contributed by atoms with Crippen LogP contribution in [0, 0.1) is 0 Å². The lowest BCUT2D eigenvalue weighted by Gasteiger charge is -2.06. The van der Waals surface area contributed by atoms with E-state index < -0.39 is 0 Å². The zero-order chi connectivity index (χ0) is 10.4. The third-order valence-corrected chi connectivity index (χ3v) is 3.13. The van der Waals surface area contributed by atoms with Gasteiger partial charge in [-0.25, -0.2) is 0 Å². The predicted octanol–water partition coefficient (Wildman–Crippen LogP) is 3.72. The average molecular weight is 209 g/mol. The molecule has 0 amide bonds. The van der Waals surface area contributed by atoms with Crippen LogP contribution in [0.1, 0.15) is 31.7 Å². The summed E-state index contributed by atoms with van der Waals surface area (Å²) in [6.07, 6.45) is 7.03. The molecule has 0 aliphatic heterocycles. The molecule has 1 rings (SSSR count). The maximum Gasteiger partial charge on any atom is 0.0347 e. The minimum Gasteiger partial charge on any atom is -0.399 e. The topological polar surface area (TPSA) is 26.0 Å². The summed E-state index contributed by atoms with van der Waals surface area (Å²) in [5.41, 5.74) is 8.17. The maximum absolute atomic E-state index is 5.92. The summed E-state index contributed by atoms with van der Waals surface area (Å²) in [6.45, 7) is 2.22. The Morgan fingerprint density at radius 3 is 2.71 bits per heavy atom. The van der Waals surface area contributed by atoms with Crippen molar-refractivity contribution in [3.8, 4) is 0 Å². The molecule has 0 bridgehead atoms. The van der Waals surface area contributed by atoms with Crippen LogP contribution in [-0.4, -0.2) is 6.26 Å². The van der Waals surface area contributed by atoms with E-state index in [2.05, 4.69) is 25.3 Å². The van der Waals surface area contributed by atoms with Crippen LogP contribution in [0.5, 0.6) is 0 Å². The van der Waals surface area contributed by atoms with Crippen molar-refractivity contribution in [3.05, 3.63) is 23.8 Å². The van der Waals surface area contributed by atoms with Crippen LogP contribution in [0.25, 0.3) is 0 Å². The second-order valence-electron chi connectivity index (χ2n) is 3.52. The number of aryl methyl sites for hydroxylation is 1. The maximum atomic E-state index is 5.92. The van der Waals surface area contributed by atoms with Crippen LogP contribution in [0.3, 0.4) is 0 Å². The van der Waals surface area contributed by atoms with E-state index in [4.69, 9.17) is 5.73 Å². The van der Waals surface area contributed by atoms with Crippen molar-refractivity contribution in [2.75, 3.05) is 12.0 Å². The molecule has 0 saturated heterocycles. The second kappa shape index (κ2) is 5.97. The van der Waals surface area contributed by atoms with Gasteiger partial charge in [0.05, 0.1) is 0 Å². The number of unbranched alkanes of at least 4 members (excludes halogenated alkanes) is 2. The first kappa shape index (κ1) is 11.4. The number of hydrogen-bond acceptors (Lipinski definition) is 2. The monoisotopic (exact) mass is 209 g/mol. The Morgan fingerprint density at radius 1 is 1.29 bits per heavy atom. The number of nitrogen functional groups attached to an aromatic ring is 1. The van der Waals surface area contributed by atoms with Gasteiger partial charge in [0.15, 0.2) is 0 Å². The highest BCUT2D eigenvalue weighted by Crippen LogP contribution is 2.22.